The van der Waals surface area contributed by atoms with E-state index in [4.69, 9.17) is 10.1 Å². The first-order valence-electron chi connectivity index (χ1n) is 9.77. The molecule has 0 radical (unpaired) electrons. The van der Waals surface area contributed by atoms with Gasteiger partial charge in [-0.15, -0.1) is 0 Å². The molecule has 0 aliphatic rings. The number of rotatable bonds is 7. The summed E-state index contributed by atoms with van der Waals surface area (Å²) in [5.41, 5.74) is 3.07. The molecular formula is C23H27N3O2. The van der Waals surface area contributed by atoms with Gasteiger partial charge in [0.25, 0.3) is 0 Å². The van der Waals surface area contributed by atoms with Crippen LogP contribution in [0.4, 0.5) is 0 Å². The van der Waals surface area contributed by atoms with Gasteiger partial charge in [0.05, 0.1) is 11.6 Å². The van der Waals surface area contributed by atoms with E-state index >= 15 is 0 Å². The molecule has 3 rings (SSSR count). The first-order chi connectivity index (χ1) is 13.4. The number of aromatic carboxylic acids is 1. The third-order valence-corrected chi connectivity index (χ3v) is 5.03. The zero-order valence-electron chi connectivity index (χ0n) is 16.9. The summed E-state index contributed by atoms with van der Waals surface area (Å²) >= 11 is 0. The lowest BCUT2D eigenvalue weighted by Gasteiger charge is -2.12. The quantitative estimate of drug-likeness (QED) is 0.604. The zero-order chi connectivity index (χ0) is 20.3. The molecule has 0 saturated carbocycles. The molecule has 146 valence electrons. The first-order valence-corrected chi connectivity index (χ1v) is 9.77. The van der Waals surface area contributed by atoms with Gasteiger partial charge >= 0.3 is 5.97 Å². The third kappa shape index (κ3) is 4.14. The molecule has 28 heavy (non-hydrogen) atoms. The van der Waals surface area contributed by atoms with E-state index in [0.717, 1.165) is 34.8 Å². The fourth-order valence-corrected chi connectivity index (χ4v) is 3.17. The Labute approximate surface area is 166 Å². The Balaban J connectivity index is 1.89. The Morgan fingerprint density at radius 2 is 1.75 bits per heavy atom. The van der Waals surface area contributed by atoms with Crippen LogP contribution in [-0.4, -0.2) is 25.8 Å². The van der Waals surface area contributed by atoms with Crippen molar-refractivity contribution in [3.8, 4) is 11.1 Å². The van der Waals surface area contributed by atoms with Gasteiger partial charge in [-0.1, -0.05) is 63.2 Å². The van der Waals surface area contributed by atoms with Gasteiger partial charge < -0.3 is 5.11 Å². The van der Waals surface area contributed by atoms with E-state index in [9.17, 15) is 9.90 Å². The van der Waals surface area contributed by atoms with Crippen molar-refractivity contribution in [2.45, 2.75) is 52.5 Å². The van der Waals surface area contributed by atoms with E-state index < -0.39 is 5.97 Å². The molecule has 1 heterocycles. The summed E-state index contributed by atoms with van der Waals surface area (Å²) in [6.45, 7) is 8.53. The van der Waals surface area contributed by atoms with Crippen LogP contribution in [0.5, 0.6) is 0 Å². The summed E-state index contributed by atoms with van der Waals surface area (Å²) in [5, 5.41) is 14.1. The average molecular weight is 377 g/mol. The predicted octanol–water partition coefficient (Wildman–Crippen LogP) is 5.33. The molecular weight excluding hydrogens is 350 g/mol. The van der Waals surface area contributed by atoms with Crippen molar-refractivity contribution in [2.24, 2.45) is 0 Å². The molecule has 0 aliphatic carbocycles. The van der Waals surface area contributed by atoms with Crippen molar-refractivity contribution in [3.63, 3.8) is 0 Å². The monoisotopic (exact) mass is 377 g/mol. The van der Waals surface area contributed by atoms with Crippen LogP contribution in [0.2, 0.25) is 0 Å². The van der Waals surface area contributed by atoms with Crippen LogP contribution in [0.25, 0.3) is 11.1 Å². The molecule has 0 amide bonds. The molecule has 1 unspecified atom stereocenters. The highest BCUT2D eigenvalue weighted by atomic mass is 16.4. The summed E-state index contributed by atoms with van der Waals surface area (Å²) in [5.74, 6) is 1.22. The highest BCUT2D eigenvalue weighted by molar-refractivity contribution is 5.95. The minimum atomic E-state index is -0.914. The molecule has 0 saturated heterocycles. The van der Waals surface area contributed by atoms with Crippen molar-refractivity contribution < 1.29 is 9.90 Å². The molecule has 1 N–H and O–H groups in total. The molecule has 1 aromatic heterocycles. The number of carboxylic acids is 1. The number of nitrogens with zero attached hydrogens (tertiary/aromatic N) is 3. The van der Waals surface area contributed by atoms with Gasteiger partial charge in [-0.05, 0) is 36.1 Å². The Bertz CT molecular complexity index is 958. The van der Waals surface area contributed by atoms with Crippen molar-refractivity contribution in [1.29, 1.82) is 0 Å². The number of aromatic nitrogens is 3. The average Bonchev–Trinajstić information content (AvgIpc) is 3.12. The van der Waals surface area contributed by atoms with E-state index in [-0.39, 0.29) is 0 Å². The maximum absolute atomic E-state index is 11.5. The predicted molar refractivity (Wildman–Crippen MR) is 111 cm³/mol. The number of hydrogen-bond acceptors (Lipinski definition) is 3. The first kappa shape index (κ1) is 19.8. The van der Waals surface area contributed by atoms with Crippen LogP contribution in [0.15, 0.2) is 48.5 Å². The summed E-state index contributed by atoms with van der Waals surface area (Å²) in [4.78, 5) is 16.2. The van der Waals surface area contributed by atoms with Gasteiger partial charge in [-0.2, -0.15) is 5.10 Å². The molecule has 0 bridgehead atoms. The van der Waals surface area contributed by atoms with Gasteiger partial charge in [0.1, 0.15) is 5.82 Å². The Hall–Kier alpha value is -2.95. The molecule has 5 heteroatoms. The van der Waals surface area contributed by atoms with Crippen LogP contribution in [0, 0.1) is 0 Å². The fourth-order valence-electron chi connectivity index (χ4n) is 3.17. The number of hydrogen-bond donors (Lipinski definition) is 1. The Morgan fingerprint density at radius 3 is 2.36 bits per heavy atom. The summed E-state index contributed by atoms with van der Waals surface area (Å²) in [6.07, 6.45) is 1.70. The second kappa shape index (κ2) is 8.38. The normalized spacial score (nSPS) is 12.3. The second-order valence-electron chi connectivity index (χ2n) is 7.47. The molecule has 3 aromatic rings. The lowest BCUT2D eigenvalue weighted by atomic mass is 9.98. The molecule has 1 atom stereocenters. The second-order valence-corrected chi connectivity index (χ2v) is 7.47. The van der Waals surface area contributed by atoms with E-state index in [2.05, 4.69) is 27.7 Å². The maximum atomic E-state index is 11.5. The van der Waals surface area contributed by atoms with Gasteiger partial charge in [0.2, 0.25) is 0 Å². The van der Waals surface area contributed by atoms with Gasteiger partial charge in [-0.25, -0.2) is 14.5 Å². The molecule has 0 fully saturated rings. The number of benzene rings is 2. The van der Waals surface area contributed by atoms with E-state index in [1.165, 1.54) is 0 Å². The maximum Gasteiger partial charge on any atom is 0.336 e. The van der Waals surface area contributed by atoms with Gasteiger partial charge in [-0.3, -0.25) is 0 Å². The smallest absolute Gasteiger partial charge is 0.336 e. The topological polar surface area (TPSA) is 68.0 Å². The molecule has 0 spiro atoms. The Morgan fingerprint density at radius 1 is 1.07 bits per heavy atom. The largest absolute Gasteiger partial charge is 0.478 e. The minimum absolute atomic E-state index is 0.291. The number of carbonyl (C=O) groups is 1. The third-order valence-electron chi connectivity index (χ3n) is 5.03. The van der Waals surface area contributed by atoms with Crippen LogP contribution < -0.4 is 0 Å². The van der Waals surface area contributed by atoms with Crippen LogP contribution >= 0.6 is 0 Å². The molecule has 5 nitrogen and oxygen atoms in total. The van der Waals surface area contributed by atoms with Crippen LogP contribution in [0.3, 0.4) is 0 Å². The van der Waals surface area contributed by atoms with E-state index in [1.807, 2.05) is 41.1 Å². The summed E-state index contributed by atoms with van der Waals surface area (Å²) < 4.78 is 2.04. The lowest BCUT2D eigenvalue weighted by molar-refractivity contribution is 0.0697. The molecule has 0 aliphatic heterocycles. The molecule has 2 aromatic carbocycles. The van der Waals surface area contributed by atoms with Crippen LogP contribution in [0.1, 0.15) is 73.6 Å². The SMILES string of the molecule is CCC(C)n1nc(C(C)C)nc1Cc1ccc(-c2ccccc2C(=O)O)cc1. The summed E-state index contributed by atoms with van der Waals surface area (Å²) in [6, 6.07) is 15.4. The van der Waals surface area contributed by atoms with Crippen molar-refractivity contribution in [3.05, 3.63) is 71.3 Å². The Kier molecular flexibility index (Phi) is 5.93. The lowest BCUT2D eigenvalue weighted by Crippen LogP contribution is -2.11. The van der Waals surface area contributed by atoms with E-state index in [1.54, 1.807) is 12.1 Å². The highest BCUT2D eigenvalue weighted by Crippen LogP contribution is 2.25. The standard InChI is InChI=1S/C23H27N3O2/c1-5-16(4)26-21(24-22(25-26)15(2)3)14-17-10-12-18(13-11-17)19-8-6-7-9-20(19)23(27)28/h6-13,15-16H,5,14H2,1-4H3,(H,27,28). The zero-order valence-corrected chi connectivity index (χ0v) is 16.9. The minimum Gasteiger partial charge on any atom is -0.478 e. The van der Waals surface area contributed by atoms with Crippen molar-refractivity contribution in [2.75, 3.05) is 0 Å². The van der Waals surface area contributed by atoms with Crippen molar-refractivity contribution in [1.82, 2.24) is 14.8 Å². The van der Waals surface area contributed by atoms with Crippen LogP contribution in [-0.2, 0) is 6.42 Å². The van der Waals surface area contributed by atoms with E-state index in [0.29, 0.717) is 23.9 Å². The van der Waals surface area contributed by atoms with Gasteiger partial charge in [0.15, 0.2) is 5.82 Å². The van der Waals surface area contributed by atoms with Crippen molar-refractivity contribution >= 4 is 5.97 Å². The summed E-state index contributed by atoms with van der Waals surface area (Å²) in [7, 11) is 0. The highest BCUT2D eigenvalue weighted by Gasteiger charge is 2.17. The number of carboxylic acid groups (broad SMARTS) is 1. The fraction of sp³-hybridized carbons (Fsp3) is 0.348. The van der Waals surface area contributed by atoms with Gasteiger partial charge in [0, 0.05) is 12.3 Å².